The van der Waals surface area contributed by atoms with Gasteiger partial charge in [0.25, 0.3) is 11.8 Å². The van der Waals surface area contributed by atoms with E-state index < -0.39 is 48.3 Å². The Bertz CT molecular complexity index is 826. The number of hydrogen-bond donors (Lipinski definition) is 2. The Balaban J connectivity index is 1.85. The third kappa shape index (κ3) is 5.75. The molecule has 9 heteroatoms. The van der Waals surface area contributed by atoms with Crippen LogP contribution in [0.5, 0.6) is 0 Å². The minimum Gasteiger partial charge on any atom is -0.454 e. The molecule has 1 atom stereocenters. The Kier molecular flexibility index (Phi) is 6.94. The molecule has 4 amide bonds. The Hall–Kier alpha value is -2.97. The van der Waals surface area contributed by atoms with E-state index in [4.69, 9.17) is 4.74 Å². The number of anilines is 1. The van der Waals surface area contributed by atoms with Gasteiger partial charge in [0.1, 0.15) is 17.9 Å². The predicted molar refractivity (Wildman–Crippen MR) is 103 cm³/mol. The van der Waals surface area contributed by atoms with Gasteiger partial charge in [0.15, 0.2) is 6.61 Å². The Labute approximate surface area is 168 Å². The number of ether oxygens (including phenoxy) is 1. The molecule has 29 heavy (non-hydrogen) atoms. The second-order valence-electron chi connectivity index (χ2n) is 7.76. The summed E-state index contributed by atoms with van der Waals surface area (Å²) < 4.78 is 18.3. The molecule has 1 fully saturated rings. The second-order valence-corrected chi connectivity index (χ2v) is 7.76. The summed E-state index contributed by atoms with van der Waals surface area (Å²) in [5, 5.41) is 5.01. The second kappa shape index (κ2) is 9.02. The lowest BCUT2D eigenvalue weighted by Gasteiger charge is -2.22. The highest BCUT2D eigenvalue weighted by Gasteiger charge is 2.48. The van der Waals surface area contributed by atoms with Crippen LogP contribution >= 0.6 is 0 Å². The van der Waals surface area contributed by atoms with E-state index in [9.17, 15) is 23.6 Å². The van der Waals surface area contributed by atoms with Crippen molar-refractivity contribution in [3.05, 3.63) is 29.6 Å². The monoisotopic (exact) mass is 407 g/mol. The van der Waals surface area contributed by atoms with Gasteiger partial charge in [0.05, 0.1) is 0 Å². The zero-order chi connectivity index (χ0) is 21.8. The summed E-state index contributed by atoms with van der Waals surface area (Å²) in [6.07, 6.45) is 1.19. The Morgan fingerprint density at radius 1 is 1.31 bits per heavy atom. The van der Waals surface area contributed by atoms with Crippen LogP contribution in [0, 0.1) is 18.7 Å². The summed E-state index contributed by atoms with van der Waals surface area (Å²) in [6, 6.07) is 3.51. The number of nitrogens with zero attached hydrogens (tertiary/aromatic N) is 1. The first-order valence-corrected chi connectivity index (χ1v) is 9.37. The van der Waals surface area contributed by atoms with Gasteiger partial charge in [-0.3, -0.25) is 19.3 Å². The van der Waals surface area contributed by atoms with Gasteiger partial charge in [0, 0.05) is 5.69 Å². The first-order chi connectivity index (χ1) is 13.5. The molecule has 0 unspecified atom stereocenters. The van der Waals surface area contributed by atoms with Crippen LogP contribution in [0.3, 0.4) is 0 Å². The molecule has 1 aliphatic rings. The number of aryl methyl sites for hydroxylation is 1. The van der Waals surface area contributed by atoms with Crippen molar-refractivity contribution in [2.75, 3.05) is 18.5 Å². The fourth-order valence-electron chi connectivity index (χ4n) is 2.83. The average molecular weight is 407 g/mol. The van der Waals surface area contributed by atoms with Crippen LogP contribution in [0.2, 0.25) is 0 Å². The molecule has 1 aromatic carbocycles. The molecule has 1 aliphatic heterocycles. The molecule has 1 heterocycles. The van der Waals surface area contributed by atoms with E-state index in [0.717, 1.165) is 17.4 Å². The van der Waals surface area contributed by atoms with Gasteiger partial charge in [-0.1, -0.05) is 19.9 Å². The zero-order valence-electron chi connectivity index (χ0n) is 17.0. The number of hydrogen-bond acceptors (Lipinski definition) is 5. The van der Waals surface area contributed by atoms with Gasteiger partial charge in [-0.05, 0) is 50.3 Å². The summed E-state index contributed by atoms with van der Waals surface area (Å²) in [6.45, 7) is 6.02. The van der Waals surface area contributed by atoms with E-state index in [1.807, 2.05) is 13.8 Å². The largest absolute Gasteiger partial charge is 0.454 e. The van der Waals surface area contributed by atoms with E-state index in [1.54, 1.807) is 13.8 Å². The van der Waals surface area contributed by atoms with Crippen molar-refractivity contribution < 1.29 is 28.3 Å². The number of benzene rings is 1. The maximum Gasteiger partial charge on any atom is 0.326 e. The summed E-state index contributed by atoms with van der Waals surface area (Å²) in [5.41, 5.74) is -0.401. The molecule has 158 valence electrons. The van der Waals surface area contributed by atoms with Gasteiger partial charge in [-0.25, -0.2) is 9.18 Å². The normalized spacial score (nSPS) is 18.8. The number of urea groups is 1. The van der Waals surface area contributed by atoms with Crippen molar-refractivity contribution in [1.29, 1.82) is 0 Å². The van der Waals surface area contributed by atoms with Gasteiger partial charge in [-0.2, -0.15) is 0 Å². The predicted octanol–water partition coefficient (Wildman–Crippen LogP) is 2.36. The number of carbonyl (C=O) groups is 4. The summed E-state index contributed by atoms with van der Waals surface area (Å²) >= 11 is 0. The van der Waals surface area contributed by atoms with Crippen LogP contribution in [0.4, 0.5) is 14.9 Å². The van der Waals surface area contributed by atoms with E-state index >= 15 is 0 Å². The number of esters is 1. The number of halogens is 1. The quantitative estimate of drug-likeness (QED) is 0.508. The number of rotatable bonds is 8. The van der Waals surface area contributed by atoms with Crippen LogP contribution in [0.15, 0.2) is 18.2 Å². The molecule has 1 saturated heterocycles. The molecular formula is C20H26FN3O5. The molecule has 2 rings (SSSR count). The smallest absolute Gasteiger partial charge is 0.326 e. The van der Waals surface area contributed by atoms with Gasteiger partial charge in [0.2, 0.25) is 0 Å². The number of amides is 4. The highest BCUT2D eigenvalue weighted by molar-refractivity contribution is 6.08. The fourth-order valence-corrected chi connectivity index (χ4v) is 2.83. The van der Waals surface area contributed by atoms with Gasteiger partial charge >= 0.3 is 12.0 Å². The highest BCUT2D eigenvalue weighted by Crippen LogP contribution is 2.24. The summed E-state index contributed by atoms with van der Waals surface area (Å²) in [5.74, 6) is -2.18. The van der Waals surface area contributed by atoms with Crippen molar-refractivity contribution in [3.8, 4) is 0 Å². The van der Waals surface area contributed by atoms with E-state index in [2.05, 4.69) is 10.6 Å². The SMILES string of the molecule is Cc1ccc(NC(=O)COC(=O)CN2C(=O)N[C@@](C)(CCC(C)C)C2=O)cc1F. The highest BCUT2D eigenvalue weighted by atomic mass is 19.1. The third-order valence-electron chi connectivity index (χ3n) is 4.67. The summed E-state index contributed by atoms with van der Waals surface area (Å²) in [7, 11) is 0. The van der Waals surface area contributed by atoms with Gasteiger partial charge in [-0.15, -0.1) is 0 Å². The van der Waals surface area contributed by atoms with Crippen molar-refractivity contribution in [2.24, 2.45) is 5.92 Å². The molecule has 0 aromatic heterocycles. The van der Waals surface area contributed by atoms with Crippen LogP contribution in [-0.2, 0) is 19.1 Å². The molecular weight excluding hydrogens is 381 g/mol. The van der Waals surface area contributed by atoms with Crippen molar-refractivity contribution >= 4 is 29.5 Å². The maximum atomic E-state index is 13.5. The molecule has 0 spiro atoms. The van der Waals surface area contributed by atoms with Crippen LogP contribution in [0.25, 0.3) is 0 Å². The van der Waals surface area contributed by atoms with Crippen LogP contribution in [-0.4, -0.2) is 47.4 Å². The lowest BCUT2D eigenvalue weighted by atomic mass is 9.92. The van der Waals surface area contributed by atoms with Crippen molar-refractivity contribution in [1.82, 2.24) is 10.2 Å². The molecule has 0 radical (unpaired) electrons. The molecule has 0 aliphatic carbocycles. The molecule has 0 bridgehead atoms. The molecule has 1 aromatic rings. The van der Waals surface area contributed by atoms with E-state index in [0.29, 0.717) is 17.9 Å². The van der Waals surface area contributed by atoms with Crippen molar-refractivity contribution in [2.45, 2.75) is 46.1 Å². The first kappa shape index (κ1) is 22.3. The van der Waals surface area contributed by atoms with E-state index in [-0.39, 0.29) is 5.69 Å². The third-order valence-corrected chi connectivity index (χ3v) is 4.67. The summed E-state index contributed by atoms with van der Waals surface area (Å²) in [4.78, 5) is 49.3. The molecule has 0 saturated carbocycles. The van der Waals surface area contributed by atoms with Gasteiger partial charge < -0.3 is 15.4 Å². The fraction of sp³-hybridized carbons (Fsp3) is 0.500. The van der Waals surface area contributed by atoms with Crippen molar-refractivity contribution in [3.63, 3.8) is 0 Å². The minimum absolute atomic E-state index is 0.226. The Morgan fingerprint density at radius 2 is 2.00 bits per heavy atom. The lowest BCUT2D eigenvalue weighted by Crippen LogP contribution is -2.44. The first-order valence-electron chi connectivity index (χ1n) is 9.37. The number of imide groups is 1. The van der Waals surface area contributed by atoms with E-state index in [1.165, 1.54) is 12.1 Å². The number of carbonyl (C=O) groups excluding carboxylic acids is 4. The number of nitrogens with one attached hydrogen (secondary N) is 2. The molecule has 2 N–H and O–H groups in total. The zero-order valence-corrected chi connectivity index (χ0v) is 17.0. The average Bonchev–Trinajstić information content (AvgIpc) is 2.85. The maximum absolute atomic E-state index is 13.5. The standard InChI is InChI=1S/C20H26FN3O5/c1-12(2)7-8-20(4)18(27)24(19(28)23-20)10-17(26)29-11-16(25)22-14-6-5-13(3)15(21)9-14/h5-6,9,12H,7-8,10-11H2,1-4H3,(H,22,25)(H,23,28)/t20-/m0/s1. The van der Waals surface area contributed by atoms with Crippen LogP contribution < -0.4 is 10.6 Å². The Morgan fingerprint density at radius 3 is 2.62 bits per heavy atom. The topological polar surface area (TPSA) is 105 Å². The lowest BCUT2D eigenvalue weighted by molar-refractivity contribution is -0.150. The van der Waals surface area contributed by atoms with Crippen LogP contribution in [0.1, 0.15) is 39.2 Å². The minimum atomic E-state index is -1.06. The molecule has 8 nitrogen and oxygen atoms in total.